The number of carbonyl (C=O) groups excluding carboxylic acids is 1. The Labute approximate surface area is 162 Å². The number of aromatic nitrogens is 1. The molecular formula is C19H19N3O3S2. The smallest absolute Gasteiger partial charge is 0.251 e. The normalized spacial score (nSPS) is 12.5. The lowest BCUT2D eigenvalue weighted by Crippen LogP contribution is -2.27. The molecule has 6 nitrogen and oxygen atoms in total. The van der Waals surface area contributed by atoms with E-state index in [2.05, 4.69) is 15.0 Å². The van der Waals surface area contributed by atoms with Crippen molar-refractivity contribution in [3.63, 3.8) is 0 Å². The first-order valence-electron chi connectivity index (χ1n) is 8.28. The monoisotopic (exact) mass is 401 g/mol. The summed E-state index contributed by atoms with van der Waals surface area (Å²) in [6.45, 7) is 2.06. The second-order valence-electron chi connectivity index (χ2n) is 5.91. The molecule has 3 aromatic rings. The van der Waals surface area contributed by atoms with Gasteiger partial charge in [0.2, 0.25) is 10.0 Å². The molecule has 1 aromatic carbocycles. The average Bonchev–Trinajstić information content (AvgIpc) is 3.21. The largest absolute Gasteiger partial charge is 0.345 e. The Morgan fingerprint density at radius 1 is 1.19 bits per heavy atom. The molecule has 1 amide bonds. The van der Waals surface area contributed by atoms with Crippen molar-refractivity contribution in [1.29, 1.82) is 0 Å². The molecule has 8 heteroatoms. The van der Waals surface area contributed by atoms with Crippen molar-refractivity contribution >= 4 is 27.3 Å². The number of nitrogens with zero attached hydrogens (tertiary/aromatic N) is 1. The van der Waals surface area contributed by atoms with Crippen LogP contribution in [0.4, 0.5) is 0 Å². The third kappa shape index (κ3) is 5.00. The zero-order valence-corrected chi connectivity index (χ0v) is 16.3. The Bertz CT molecular complexity index is 1000. The van der Waals surface area contributed by atoms with E-state index in [1.54, 1.807) is 30.6 Å². The van der Waals surface area contributed by atoms with Gasteiger partial charge in [-0.2, -0.15) is 0 Å². The molecule has 0 spiro atoms. The summed E-state index contributed by atoms with van der Waals surface area (Å²) in [6.07, 6.45) is 3.34. The van der Waals surface area contributed by atoms with Crippen LogP contribution in [0.25, 0.3) is 0 Å². The number of benzene rings is 1. The molecule has 0 aliphatic carbocycles. The lowest BCUT2D eigenvalue weighted by atomic mass is 10.1. The SMILES string of the molecule is CC(NC(=O)c1cccc(S(=O)(=O)NCc2cccs2)c1)c1cccnc1. The van der Waals surface area contributed by atoms with E-state index in [4.69, 9.17) is 0 Å². The fraction of sp³-hybridized carbons (Fsp3) is 0.158. The van der Waals surface area contributed by atoms with Crippen LogP contribution in [0.1, 0.15) is 33.8 Å². The van der Waals surface area contributed by atoms with Gasteiger partial charge in [-0.3, -0.25) is 9.78 Å². The molecule has 0 saturated heterocycles. The molecule has 3 rings (SSSR count). The molecule has 0 aliphatic heterocycles. The summed E-state index contributed by atoms with van der Waals surface area (Å²) >= 11 is 1.48. The highest BCUT2D eigenvalue weighted by Gasteiger charge is 2.17. The summed E-state index contributed by atoms with van der Waals surface area (Å²) in [5, 5.41) is 4.74. The van der Waals surface area contributed by atoms with Crippen LogP contribution in [0.2, 0.25) is 0 Å². The minimum atomic E-state index is -3.71. The number of sulfonamides is 1. The van der Waals surface area contributed by atoms with Crippen molar-refractivity contribution in [1.82, 2.24) is 15.0 Å². The van der Waals surface area contributed by atoms with Gasteiger partial charge in [0.25, 0.3) is 5.91 Å². The van der Waals surface area contributed by atoms with Crippen LogP contribution in [-0.2, 0) is 16.6 Å². The van der Waals surface area contributed by atoms with Gasteiger partial charge in [0.15, 0.2) is 0 Å². The Morgan fingerprint density at radius 2 is 2.04 bits per heavy atom. The fourth-order valence-corrected chi connectivity index (χ4v) is 4.25. The fourth-order valence-electron chi connectivity index (χ4n) is 2.46. The lowest BCUT2D eigenvalue weighted by Gasteiger charge is -2.14. The molecule has 1 atom stereocenters. The summed E-state index contributed by atoms with van der Waals surface area (Å²) in [6, 6.07) is 13.1. The van der Waals surface area contributed by atoms with Gasteiger partial charge in [-0.15, -0.1) is 11.3 Å². The second-order valence-corrected chi connectivity index (χ2v) is 8.71. The third-order valence-electron chi connectivity index (χ3n) is 3.96. The van der Waals surface area contributed by atoms with Crippen LogP contribution < -0.4 is 10.0 Å². The molecule has 140 valence electrons. The Balaban J connectivity index is 1.71. The van der Waals surface area contributed by atoms with Crippen molar-refractivity contribution < 1.29 is 13.2 Å². The van der Waals surface area contributed by atoms with E-state index in [1.165, 1.54) is 23.5 Å². The van der Waals surface area contributed by atoms with Crippen molar-refractivity contribution in [2.75, 3.05) is 0 Å². The van der Waals surface area contributed by atoms with Gasteiger partial charge in [-0.1, -0.05) is 18.2 Å². The van der Waals surface area contributed by atoms with Crippen molar-refractivity contribution in [2.24, 2.45) is 0 Å². The molecule has 0 fully saturated rings. The van der Waals surface area contributed by atoms with E-state index in [-0.39, 0.29) is 29.0 Å². The van der Waals surface area contributed by atoms with Crippen LogP contribution in [0.5, 0.6) is 0 Å². The predicted molar refractivity (Wildman–Crippen MR) is 105 cm³/mol. The first-order valence-corrected chi connectivity index (χ1v) is 10.6. The number of rotatable bonds is 7. The molecule has 0 aliphatic rings. The minimum absolute atomic E-state index is 0.0562. The van der Waals surface area contributed by atoms with Gasteiger partial charge < -0.3 is 5.32 Å². The van der Waals surface area contributed by atoms with Crippen molar-refractivity contribution in [2.45, 2.75) is 24.4 Å². The molecule has 0 radical (unpaired) electrons. The summed E-state index contributed by atoms with van der Waals surface area (Å²) in [7, 11) is -3.71. The van der Waals surface area contributed by atoms with Crippen LogP contribution >= 0.6 is 11.3 Å². The quantitative estimate of drug-likeness (QED) is 0.637. The summed E-state index contributed by atoms with van der Waals surface area (Å²) in [5.41, 5.74) is 1.15. The number of carbonyl (C=O) groups is 1. The van der Waals surface area contributed by atoms with Gasteiger partial charge in [-0.25, -0.2) is 13.1 Å². The van der Waals surface area contributed by atoms with Gasteiger partial charge in [0.05, 0.1) is 10.9 Å². The molecular weight excluding hydrogens is 382 g/mol. The van der Waals surface area contributed by atoms with Gasteiger partial charge >= 0.3 is 0 Å². The zero-order chi connectivity index (χ0) is 19.3. The first kappa shape index (κ1) is 19.2. The highest BCUT2D eigenvalue weighted by molar-refractivity contribution is 7.89. The maximum absolute atomic E-state index is 12.5. The van der Waals surface area contributed by atoms with Gasteiger partial charge in [0.1, 0.15) is 0 Å². The van der Waals surface area contributed by atoms with Crippen LogP contribution in [-0.4, -0.2) is 19.3 Å². The topological polar surface area (TPSA) is 88.2 Å². The number of hydrogen-bond donors (Lipinski definition) is 2. The highest BCUT2D eigenvalue weighted by atomic mass is 32.2. The summed E-state index contributed by atoms with van der Waals surface area (Å²) in [4.78, 5) is 17.5. The lowest BCUT2D eigenvalue weighted by molar-refractivity contribution is 0.0939. The number of thiophene rings is 1. The van der Waals surface area contributed by atoms with E-state index in [0.29, 0.717) is 0 Å². The number of nitrogens with one attached hydrogen (secondary N) is 2. The molecule has 27 heavy (non-hydrogen) atoms. The first-order chi connectivity index (χ1) is 13.0. The second kappa shape index (κ2) is 8.43. The molecule has 1 unspecified atom stereocenters. The van der Waals surface area contributed by atoms with E-state index in [1.807, 2.05) is 30.5 Å². The summed E-state index contributed by atoms with van der Waals surface area (Å²) in [5.74, 6) is -0.346. The van der Waals surface area contributed by atoms with Gasteiger partial charge in [0, 0.05) is 29.4 Å². The standard InChI is InChI=1S/C19H19N3O3S2/c1-14(16-6-3-9-20-12-16)22-19(23)15-5-2-8-18(11-15)27(24,25)21-13-17-7-4-10-26-17/h2-12,14,21H,13H2,1H3,(H,22,23). The minimum Gasteiger partial charge on any atom is -0.345 e. The van der Waals surface area contributed by atoms with E-state index >= 15 is 0 Å². The average molecular weight is 402 g/mol. The Kier molecular flexibility index (Phi) is 6.00. The highest BCUT2D eigenvalue weighted by Crippen LogP contribution is 2.16. The van der Waals surface area contributed by atoms with Crippen LogP contribution in [0, 0.1) is 0 Å². The predicted octanol–water partition coefficient (Wildman–Crippen LogP) is 3.11. The van der Waals surface area contributed by atoms with E-state index < -0.39 is 10.0 Å². The maximum Gasteiger partial charge on any atom is 0.251 e. The van der Waals surface area contributed by atoms with E-state index in [9.17, 15) is 13.2 Å². The molecule has 0 saturated carbocycles. The van der Waals surface area contributed by atoms with Crippen LogP contribution in [0.15, 0.2) is 71.2 Å². The zero-order valence-electron chi connectivity index (χ0n) is 14.6. The molecule has 2 N–H and O–H groups in total. The van der Waals surface area contributed by atoms with Crippen molar-refractivity contribution in [3.05, 3.63) is 82.3 Å². The van der Waals surface area contributed by atoms with Crippen molar-refractivity contribution in [3.8, 4) is 0 Å². The molecule has 0 bridgehead atoms. The van der Waals surface area contributed by atoms with Gasteiger partial charge in [-0.05, 0) is 48.2 Å². The van der Waals surface area contributed by atoms with Crippen LogP contribution in [0.3, 0.4) is 0 Å². The Hall–Kier alpha value is -2.55. The molecule has 2 aromatic heterocycles. The maximum atomic E-state index is 12.5. The number of amides is 1. The summed E-state index contributed by atoms with van der Waals surface area (Å²) < 4.78 is 27.6. The number of hydrogen-bond acceptors (Lipinski definition) is 5. The molecule has 2 heterocycles. The van der Waals surface area contributed by atoms with E-state index in [0.717, 1.165) is 10.4 Å². The Morgan fingerprint density at radius 3 is 2.74 bits per heavy atom. The number of pyridine rings is 1. The third-order valence-corrected chi connectivity index (χ3v) is 6.23.